The van der Waals surface area contributed by atoms with E-state index in [4.69, 9.17) is 9.72 Å². The zero-order valence-electron chi connectivity index (χ0n) is 25.2. The van der Waals surface area contributed by atoms with Crippen molar-refractivity contribution in [3.63, 3.8) is 0 Å². The van der Waals surface area contributed by atoms with Gasteiger partial charge >= 0.3 is 0 Å². The molecule has 246 valence electrons. The van der Waals surface area contributed by atoms with Crippen LogP contribution in [0, 0.1) is 12.7 Å². The fraction of sp³-hybridized carbons (Fsp3) is 0.242. The maximum atomic E-state index is 15.2. The molecule has 6 rings (SSSR count). The average Bonchev–Trinajstić information content (AvgIpc) is 3.04. The molecule has 1 saturated heterocycles. The van der Waals surface area contributed by atoms with Gasteiger partial charge in [-0.05, 0) is 67.8 Å². The molecule has 3 aromatic carbocycles. The van der Waals surface area contributed by atoms with Gasteiger partial charge in [-0.3, -0.25) is 4.72 Å². The summed E-state index contributed by atoms with van der Waals surface area (Å²) in [4.78, 5) is 13.5. The molecule has 1 aliphatic heterocycles. The molecule has 1 fully saturated rings. The van der Waals surface area contributed by atoms with Crippen molar-refractivity contribution < 1.29 is 26.3 Å². The third kappa shape index (κ3) is 7.92. The van der Waals surface area contributed by atoms with Crippen LogP contribution in [0.1, 0.15) is 36.0 Å². The summed E-state index contributed by atoms with van der Waals surface area (Å²) in [6, 6.07) is 16.5. The van der Waals surface area contributed by atoms with Crippen LogP contribution in [-0.4, -0.2) is 42.5 Å². The number of nitrogens with one attached hydrogen (secondary N) is 3. The van der Waals surface area contributed by atoms with E-state index in [1.807, 2.05) is 13.0 Å². The molecular weight excluding hydrogens is 653 g/mol. The predicted octanol–water partition coefficient (Wildman–Crippen LogP) is 7.40. The first-order valence-electron chi connectivity index (χ1n) is 14.7. The van der Waals surface area contributed by atoms with Crippen molar-refractivity contribution >= 4 is 44.8 Å². The number of pyridine rings is 1. The zero-order valence-corrected chi connectivity index (χ0v) is 26.8. The van der Waals surface area contributed by atoms with Crippen molar-refractivity contribution in [3.8, 4) is 22.9 Å². The number of hydrogen-bond donors (Lipinski definition) is 3. The van der Waals surface area contributed by atoms with Crippen LogP contribution in [0.2, 0.25) is 0 Å². The Morgan fingerprint density at radius 2 is 1.79 bits per heavy atom. The van der Waals surface area contributed by atoms with Crippen LogP contribution in [0.4, 0.5) is 24.8 Å². The molecule has 1 aliphatic rings. The summed E-state index contributed by atoms with van der Waals surface area (Å²) in [5.74, 6) is -0.223. The van der Waals surface area contributed by atoms with Gasteiger partial charge in [0.05, 0.1) is 22.7 Å². The lowest BCUT2D eigenvalue weighted by Crippen LogP contribution is -2.38. The van der Waals surface area contributed by atoms with Gasteiger partial charge in [-0.25, -0.2) is 36.5 Å². The molecule has 14 heteroatoms. The lowest BCUT2D eigenvalue weighted by Gasteiger charge is -2.23. The van der Waals surface area contributed by atoms with E-state index >= 15 is 4.39 Å². The standard InChI is InChI=1S/C33H31F3N6O3S.ClH/c1-20-6-11-24-25(12-13-27(34)29(24)42-46(43,44)19-21-7-9-22(10-8-21)31(35)36)30(20)45-32-26(5-3-16-38-32)28-14-17-39-33(41-28)40-23-4-2-15-37-18-23;/h3,5-14,16-17,23,31,37,42H,2,4,15,18-19H2,1H3,(H,39,40,41);1H. The van der Waals surface area contributed by atoms with Crippen molar-refractivity contribution in [1.82, 2.24) is 20.3 Å². The van der Waals surface area contributed by atoms with E-state index in [9.17, 15) is 17.2 Å². The molecule has 0 aliphatic carbocycles. The van der Waals surface area contributed by atoms with Crippen LogP contribution in [0.3, 0.4) is 0 Å². The quantitative estimate of drug-likeness (QED) is 0.139. The minimum atomic E-state index is -4.13. The Labute approximate surface area is 276 Å². The minimum Gasteiger partial charge on any atom is -0.437 e. The zero-order chi connectivity index (χ0) is 32.3. The molecule has 0 bridgehead atoms. The molecule has 3 heterocycles. The molecule has 0 spiro atoms. The van der Waals surface area contributed by atoms with Gasteiger partial charge in [0.1, 0.15) is 11.6 Å². The second-order valence-corrected chi connectivity index (χ2v) is 12.8. The molecule has 3 N–H and O–H groups in total. The summed E-state index contributed by atoms with van der Waals surface area (Å²) in [6.45, 7) is 3.63. The highest BCUT2D eigenvalue weighted by Gasteiger charge is 2.21. The molecule has 0 radical (unpaired) electrons. The van der Waals surface area contributed by atoms with E-state index in [1.54, 1.807) is 36.7 Å². The molecular formula is C33H32ClF3N6O3S. The van der Waals surface area contributed by atoms with Crippen molar-refractivity contribution in [3.05, 3.63) is 102 Å². The lowest BCUT2D eigenvalue weighted by molar-refractivity contribution is 0.151. The summed E-state index contributed by atoms with van der Waals surface area (Å²) in [6.07, 6.45) is 2.65. The van der Waals surface area contributed by atoms with Gasteiger partial charge in [0.25, 0.3) is 6.43 Å². The predicted molar refractivity (Wildman–Crippen MR) is 178 cm³/mol. The highest BCUT2D eigenvalue weighted by atomic mass is 35.5. The van der Waals surface area contributed by atoms with Crippen LogP contribution in [0.5, 0.6) is 11.6 Å². The number of alkyl halides is 2. The maximum Gasteiger partial charge on any atom is 0.263 e. The van der Waals surface area contributed by atoms with E-state index in [2.05, 4.69) is 25.3 Å². The molecule has 0 saturated carbocycles. The number of ether oxygens (including phenoxy) is 1. The number of anilines is 2. The van der Waals surface area contributed by atoms with E-state index in [-0.39, 0.29) is 46.5 Å². The Morgan fingerprint density at radius 3 is 2.53 bits per heavy atom. The van der Waals surface area contributed by atoms with E-state index in [0.29, 0.717) is 33.9 Å². The van der Waals surface area contributed by atoms with E-state index in [0.717, 1.165) is 32.0 Å². The third-order valence-electron chi connectivity index (χ3n) is 7.67. The first kappa shape index (κ1) is 33.9. The van der Waals surface area contributed by atoms with Gasteiger partial charge in [0.15, 0.2) is 0 Å². The topological polar surface area (TPSA) is 118 Å². The van der Waals surface area contributed by atoms with E-state index < -0.39 is 28.0 Å². The van der Waals surface area contributed by atoms with Crippen molar-refractivity contribution in [2.45, 2.75) is 38.0 Å². The van der Waals surface area contributed by atoms with Gasteiger partial charge < -0.3 is 15.4 Å². The van der Waals surface area contributed by atoms with Gasteiger partial charge in [0.2, 0.25) is 21.9 Å². The Bertz CT molecular complexity index is 1980. The summed E-state index contributed by atoms with van der Waals surface area (Å²) in [7, 11) is -4.13. The molecule has 1 unspecified atom stereocenters. The Hall–Kier alpha value is -4.46. The van der Waals surface area contributed by atoms with Gasteiger partial charge in [-0.1, -0.05) is 36.4 Å². The second-order valence-electron chi connectivity index (χ2n) is 11.0. The highest BCUT2D eigenvalue weighted by Crippen LogP contribution is 2.40. The number of piperidine rings is 1. The Morgan fingerprint density at radius 1 is 1.00 bits per heavy atom. The van der Waals surface area contributed by atoms with Crippen LogP contribution in [0.15, 0.2) is 79.1 Å². The molecule has 2 aromatic heterocycles. The van der Waals surface area contributed by atoms with Gasteiger partial charge in [-0.15, -0.1) is 12.4 Å². The van der Waals surface area contributed by atoms with E-state index in [1.165, 1.54) is 30.3 Å². The summed E-state index contributed by atoms with van der Waals surface area (Å²) < 4.78 is 76.0. The van der Waals surface area contributed by atoms with Crippen LogP contribution < -0.4 is 20.1 Å². The van der Waals surface area contributed by atoms with Gasteiger partial charge in [-0.2, -0.15) is 0 Å². The van der Waals surface area contributed by atoms with Crippen LogP contribution in [-0.2, 0) is 15.8 Å². The number of fused-ring (bicyclic) bond motifs is 1. The van der Waals surface area contributed by atoms with Crippen molar-refractivity contribution in [2.75, 3.05) is 23.1 Å². The monoisotopic (exact) mass is 684 g/mol. The molecule has 5 aromatic rings. The fourth-order valence-electron chi connectivity index (χ4n) is 5.37. The smallest absolute Gasteiger partial charge is 0.263 e. The van der Waals surface area contributed by atoms with Crippen LogP contribution in [0.25, 0.3) is 22.0 Å². The summed E-state index contributed by atoms with van der Waals surface area (Å²) >= 11 is 0. The summed E-state index contributed by atoms with van der Waals surface area (Å²) in [5.41, 5.74) is 1.70. The highest BCUT2D eigenvalue weighted by molar-refractivity contribution is 7.91. The van der Waals surface area contributed by atoms with Crippen LogP contribution >= 0.6 is 12.4 Å². The number of rotatable bonds is 10. The largest absolute Gasteiger partial charge is 0.437 e. The first-order chi connectivity index (χ1) is 22.2. The second kappa shape index (κ2) is 14.5. The number of nitrogens with zero attached hydrogens (tertiary/aromatic N) is 3. The fourth-order valence-corrected chi connectivity index (χ4v) is 6.59. The maximum absolute atomic E-state index is 15.2. The minimum absolute atomic E-state index is 0. The normalized spacial score (nSPS) is 14.9. The molecule has 1 atom stereocenters. The van der Waals surface area contributed by atoms with Crippen molar-refractivity contribution in [2.24, 2.45) is 0 Å². The number of benzene rings is 3. The number of aryl methyl sites for hydroxylation is 1. The molecule has 47 heavy (non-hydrogen) atoms. The number of hydrogen-bond acceptors (Lipinski definition) is 8. The Balaban J connectivity index is 0.00000433. The number of aromatic nitrogens is 3. The first-order valence-corrected chi connectivity index (χ1v) is 16.3. The molecule has 0 amide bonds. The Kier molecular flexibility index (Phi) is 10.5. The van der Waals surface area contributed by atoms with Gasteiger partial charge in [0, 0.05) is 41.3 Å². The SMILES string of the molecule is Cc1ccc2c(NS(=O)(=O)Cc3ccc(C(F)F)cc3)c(F)ccc2c1Oc1ncccc1-c1ccnc(NC2CCCNC2)n1.Cl. The number of sulfonamides is 1. The third-order valence-corrected chi connectivity index (χ3v) is 8.90. The summed E-state index contributed by atoms with van der Waals surface area (Å²) in [5, 5.41) is 7.46. The molecule has 9 nitrogen and oxygen atoms in total. The van der Waals surface area contributed by atoms with Crippen molar-refractivity contribution in [1.29, 1.82) is 0 Å². The average molecular weight is 685 g/mol. The number of halogens is 4. The lowest BCUT2D eigenvalue weighted by atomic mass is 10.0.